The van der Waals surface area contributed by atoms with Gasteiger partial charge in [0, 0.05) is 6.61 Å². The van der Waals surface area contributed by atoms with Gasteiger partial charge < -0.3 is 9.84 Å². The van der Waals surface area contributed by atoms with E-state index in [9.17, 15) is 0 Å². The summed E-state index contributed by atoms with van der Waals surface area (Å²) in [5.41, 5.74) is 3.37. The summed E-state index contributed by atoms with van der Waals surface area (Å²) in [6, 6.07) is 4.09. The number of benzene rings is 1. The molecular weight excluding hydrogens is 224 g/mol. The second-order valence-electron chi connectivity index (χ2n) is 4.01. The summed E-state index contributed by atoms with van der Waals surface area (Å²) in [6.07, 6.45) is 1.53. The minimum atomic E-state index is -0.0308. The lowest BCUT2D eigenvalue weighted by molar-refractivity contribution is 0.284. The molecule has 2 nitrogen and oxygen atoms in total. The molecule has 0 saturated heterocycles. The number of methoxy groups -OCH3 is 1. The van der Waals surface area contributed by atoms with Crippen LogP contribution in [0.15, 0.2) is 12.1 Å². The van der Waals surface area contributed by atoms with Crippen LogP contribution >= 0.6 is 11.6 Å². The van der Waals surface area contributed by atoms with Crippen molar-refractivity contribution in [1.82, 2.24) is 0 Å². The van der Waals surface area contributed by atoms with Gasteiger partial charge in [-0.25, -0.2) is 0 Å². The number of halogens is 1. The zero-order valence-corrected chi connectivity index (χ0v) is 10.8. The first kappa shape index (κ1) is 13.3. The zero-order valence-electron chi connectivity index (χ0n) is 10.1. The van der Waals surface area contributed by atoms with Gasteiger partial charge in [0.1, 0.15) is 5.75 Å². The summed E-state index contributed by atoms with van der Waals surface area (Å²) in [5.74, 6) is 0.896. The summed E-state index contributed by atoms with van der Waals surface area (Å²) in [5, 5.41) is 8.76. The van der Waals surface area contributed by atoms with Crippen molar-refractivity contribution in [2.75, 3.05) is 13.7 Å². The third-order valence-electron chi connectivity index (χ3n) is 2.74. The van der Waals surface area contributed by atoms with Gasteiger partial charge in [0.25, 0.3) is 0 Å². The predicted molar refractivity (Wildman–Crippen MR) is 67.4 cm³/mol. The smallest absolute Gasteiger partial charge is 0.122 e. The quantitative estimate of drug-likeness (QED) is 0.803. The molecular formula is C13H19ClO2. The number of ether oxygens (including phenoxy) is 1. The summed E-state index contributed by atoms with van der Waals surface area (Å²) >= 11 is 6.31. The molecule has 1 aromatic carbocycles. The van der Waals surface area contributed by atoms with Crippen molar-refractivity contribution in [3.63, 3.8) is 0 Å². The minimum absolute atomic E-state index is 0.0308. The fourth-order valence-electron chi connectivity index (χ4n) is 1.80. The second-order valence-corrected chi connectivity index (χ2v) is 4.54. The van der Waals surface area contributed by atoms with E-state index in [1.165, 1.54) is 0 Å². The maximum Gasteiger partial charge on any atom is 0.122 e. The van der Waals surface area contributed by atoms with Crippen LogP contribution in [0.1, 0.15) is 34.9 Å². The van der Waals surface area contributed by atoms with Crippen molar-refractivity contribution < 1.29 is 9.84 Å². The van der Waals surface area contributed by atoms with Crippen LogP contribution in [0.5, 0.6) is 5.75 Å². The SMILES string of the molecule is COc1cc(C)c(C(Cl)CCCO)cc1C. The first-order chi connectivity index (χ1) is 7.60. The largest absolute Gasteiger partial charge is 0.496 e. The first-order valence-corrected chi connectivity index (χ1v) is 5.93. The van der Waals surface area contributed by atoms with Gasteiger partial charge in [-0.3, -0.25) is 0 Å². The van der Waals surface area contributed by atoms with E-state index >= 15 is 0 Å². The monoisotopic (exact) mass is 242 g/mol. The molecule has 0 spiro atoms. The van der Waals surface area contributed by atoms with E-state index in [1.807, 2.05) is 19.9 Å². The van der Waals surface area contributed by atoms with Crippen LogP contribution in [-0.2, 0) is 0 Å². The first-order valence-electron chi connectivity index (χ1n) is 5.50. The van der Waals surface area contributed by atoms with Crippen LogP contribution in [0.25, 0.3) is 0 Å². The Labute approximate surface area is 102 Å². The predicted octanol–water partition coefficient (Wildman–Crippen LogP) is 3.36. The maximum atomic E-state index is 8.79. The van der Waals surface area contributed by atoms with Crippen LogP contribution in [0.3, 0.4) is 0 Å². The number of hydrogen-bond donors (Lipinski definition) is 1. The van der Waals surface area contributed by atoms with Gasteiger partial charge in [-0.05, 0) is 49.4 Å². The maximum absolute atomic E-state index is 8.79. The topological polar surface area (TPSA) is 29.5 Å². The van der Waals surface area contributed by atoms with Crippen LogP contribution in [0, 0.1) is 13.8 Å². The van der Waals surface area contributed by atoms with Gasteiger partial charge in [-0.1, -0.05) is 6.07 Å². The Kier molecular flexibility index (Phi) is 5.10. The lowest BCUT2D eigenvalue weighted by atomic mass is 9.99. The fraction of sp³-hybridized carbons (Fsp3) is 0.538. The molecule has 0 aliphatic heterocycles. The molecule has 0 aromatic heterocycles. The average molecular weight is 243 g/mol. The molecule has 3 heteroatoms. The highest BCUT2D eigenvalue weighted by molar-refractivity contribution is 6.20. The van der Waals surface area contributed by atoms with Crippen LogP contribution < -0.4 is 4.74 Å². The Morgan fingerprint density at radius 3 is 2.56 bits per heavy atom. The lowest BCUT2D eigenvalue weighted by Gasteiger charge is -2.15. The van der Waals surface area contributed by atoms with Crippen LogP contribution in [0.2, 0.25) is 0 Å². The van der Waals surface area contributed by atoms with E-state index in [1.54, 1.807) is 7.11 Å². The molecule has 0 fully saturated rings. The molecule has 1 atom stereocenters. The highest BCUT2D eigenvalue weighted by Gasteiger charge is 2.12. The third kappa shape index (κ3) is 3.13. The fourth-order valence-corrected chi connectivity index (χ4v) is 2.18. The Balaban J connectivity index is 2.92. The molecule has 90 valence electrons. The van der Waals surface area contributed by atoms with Crippen molar-refractivity contribution in [3.05, 3.63) is 28.8 Å². The van der Waals surface area contributed by atoms with E-state index in [0.717, 1.165) is 35.3 Å². The van der Waals surface area contributed by atoms with Crippen molar-refractivity contribution in [1.29, 1.82) is 0 Å². The number of alkyl halides is 1. The van der Waals surface area contributed by atoms with Gasteiger partial charge in [-0.2, -0.15) is 0 Å². The molecule has 1 aromatic rings. The number of aryl methyl sites for hydroxylation is 2. The normalized spacial score (nSPS) is 12.6. The molecule has 1 unspecified atom stereocenters. The van der Waals surface area contributed by atoms with Gasteiger partial charge in [0.2, 0.25) is 0 Å². The number of hydrogen-bond acceptors (Lipinski definition) is 2. The average Bonchev–Trinajstić information content (AvgIpc) is 2.28. The van der Waals surface area contributed by atoms with Crippen molar-refractivity contribution in [2.45, 2.75) is 32.1 Å². The second kappa shape index (κ2) is 6.12. The van der Waals surface area contributed by atoms with E-state index < -0.39 is 0 Å². The summed E-state index contributed by atoms with van der Waals surface area (Å²) < 4.78 is 5.26. The molecule has 0 aliphatic rings. The van der Waals surface area contributed by atoms with Gasteiger partial charge in [0.05, 0.1) is 12.5 Å². The van der Waals surface area contributed by atoms with Gasteiger partial charge in [-0.15, -0.1) is 11.6 Å². The molecule has 0 saturated carbocycles. The van der Waals surface area contributed by atoms with Crippen molar-refractivity contribution in [2.24, 2.45) is 0 Å². The van der Waals surface area contributed by atoms with E-state index in [4.69, 9.17) is 21.4 Å². The number of aliphatic hydroxyl groups excluding tert-OH is 1. The molecule has 1 N–H and O–H groups in total. The number of rotatable bonds is 5. The molecule has 0 heterocycles. The molecule has 0 radical (unpaired) electrons. The van der Waals surface area contributed by atoms with Gasteiger partial charge in [0.15, 0.2) is 0 Å². The zero-order chi connectivity index (χ0) is 12.1. The third-order valence-corrected chi connectivity index (χ3v) is 3.19. The highest BCUT2D eigenvalue weighted by atomic mass is 35.5. The van der Waals surface area contributed by atoms with Crippen LogP contribution in [0.4, 0.5) is 0 Å². The van der Waals surface area contributed by atoms with Gasteiger partial charge >= 0.3 is 0 Å². The molecule has 1 rings (SSSR count). The summed E-state index contributed by atoms with van der Waals surface area (Å²) in [7, 11) is 1.67. The highest BCUT2D eigenvalue weighted by Crippen LogP contribution is 2.32. The lowest BCUT2D eigenvalue weighted by Crippen LogP contribution is -1.98. The van der Waals surface area contributed by atoms with E-state index in [0.29, 0.717) is 0 Å². The molecule has 16 heavy (non-hydrogen) atoms. The van der Waals surface area contributed by atoms with E-state index in [-0.39, 0.29) is 12.0 Å². The summed E-state index contributed by atoms with van der Waals surface area (Å²) in [6.45, 7) is 4.24. The van der Waals surface area contributed by atoms with Crippen molar-refractivity contribution >= 4 is 11.6 Å². The minimum Gasteiger partial charge on any atom is -0.496 e. The summed E-state index contributed by atoms with van der Waals surface area (Å²) in [4.78, 5) is 0. The Morgan fingerprint density at radius 1 is 1.31 bits per heavy atom. The Hall–Kier alpha value is -0.730. The molecule has 0 bridgehead atoms. The Bertz CT molecular complexity index is 350. The molecule has 0 aliphatic carbocycles. The van der Waals surface area contributed by atoms with Crippen LogP contribution in [-0.4, -0.2) is 18.8 Å². The van der Waals surface area contributed by atoms with E-state index in [2.05, 4.69) is 6.07 Å². The standard InChI is InChI=1S/C13H19ClO2/c1-9-8-13(16-3)10(2)7-11(9)12(14)5-4-6-15/h7-8,12,15H,4-6H2,1-3H3. The molecule has 0 amide bonds. The number of aliphatic hydroxyl groups is 1. The Morgan fingerprint density at radius 2 is 2.00 bits per heavy atom. The van der Waals surface area contributed by atoms with Crippen molar-refractivity contribution in [3.8, 4) is 5.75 Å².